The zero-order valence-corrected chi connectivity index (χ0v) is 17.8. The van der Waals surface area contributed by atoms with E-state index in [1.807, 2.05) is 48.5 Å². The van der Waals surface area contributed by atoms with E-state index in [2.05, 4.69) is 43.3 Å². The van der Waals surface area contributed by atoms with Gasteiger partial charge in [-0.1, -0.05) is 72.8 Å². The molecule has 0 saturated heterocycles. The largest absolute Gasteiger partial charge is 0.489 e. The minimum absolute atomic E-state index is 0.403. The van der Waals surface area contributed by atoms with Crippen molar-refractivity contribution in [1.82, 2.24) is 0 Å². The third-order valence-electron chi connectivity index (χ3n) is 4.54. The van der Waals surface area contributed by atoms with Crippen molar-refractivity contribution in [1.29, 1.82) is 0 Å². The number of carboxylic acids is 2. The zero-order chi connectivity index (χ0) is 23.4. The van der Waals surface area contributed by atoms with Crippen molar-refractivity contribution in [2.45, 2.75) is 25.5 Å². The second-order valence-electron chi connectivity index (χ2n) is 7.39. The molecule has 1 unspecified atom stereocenters. The summed E-state index contributed by atoms with van der Waals surface area (Å²) in [5.74, 6) is -1.65. The Labute approximate surface area is 187 Å². The lowest BCUT2D eigenvalue weighted by atomic mass is 9.86. The highest BCUT2D eigenvalue weighted by Crippen LogP contribution is 2.25. The zero-order valence-electron chi connectivity index (χ0n) is 17.8. The van der Waals surface area contributed by atoms with Crippen LogP contribution in [0.3, 0.4) is 0 Å². The van der Waals surface area contributed by atoms with E-state index in [0.717, 1.165) is 23.3 Å². The van der Waals surface area contributed by atoms with Crippen LogP contribution in [0, 0.1) is 0 Å². The second-order valence-corrected chi connectivity index (χ2v) is 7.39. The lowest BCUT2D eigenvalue weighted by molar-refractivity contribution is -0.134. The Kier molecular flexibility index (Phi) is 9.20. The molecule has 3 rings (SSSR count). The molecule has 3 aromatic carbocycles. The Hall–Kier alpha value is -3.90. The average Bonchev–Trinajstić information content (AvgIpc) is 2.78. The molecule has 0 heterocycles. The van der Waals surface area contributed by atoms with Crippen molar-refractivity contribution >= 4 is 11.9 Å². The number of aliphatic carboxylic acids is 2. The van der Waals surface area contributed by atoms with Crippen molar-refractivity contribution in [3.05, 3.63) is 114 Å². The predicted octanol–water partition coefficient (Wildman–Crippen LogP) is 4.39. The molecular weight excluding hydrogens is 406 g/mol. The summed E-state index contributed by atoms with van der Waals surface area (Å²) in [7, 11) is 0. The summed E-state index contributed by atoms with van der Waals surface area (Å²) in [5, 5.41) is 15.6. The van der Waals surface area contributed by atoms with Gasteiger partial charge >= 0.3 is 11.9 Å². The smallest absolute Gasteiger partial charge is 0.328 e. The molecule has 6 nitrogen and oxygen atoms in total. The van der Waals surface area contributed by atoms with Crippen LogP contribution in [-0.2, 0) is 28.2 Å². The van der Waals surface area contributed by atoms with Gasteiger partial charge in [-0.2, -0.15) is 0 Å². The number of benzene rings is 3. The van der Waals surface area contributed by atoms with Gasteiger partial charge in [0.15, 0.2) is 0 Å². The number of carbonyl (C=O) groups is 2. The highest BCUT2D eigenvalue weighted by molar-refractivity contribution is 5.89. The SMILES string of the molecule is CC(N)(Cc1ccccc1)c1ccc(OCc2ccccc2)cc1.O=C(O)/C=C\C(=O)O. The maximum Gasteiger partial charge on any atom is 0.328 e. The molecule has 0 aromatic heterocycles. The second kappa shape index (κ2) is 12.1. The molecule has 0 aliphatic rings. The fourth-order valence-corrected chi connectivity index (χ4v) is 2.94. The van der Waals surface area contributed by atoms with Gasteiger partial charge in [0.25, 0.3) is 0 Å². The van der Waals surface area contributed by atoms with Crippen LogP contribution in [0.4, 0.5) is 0 Å². The molecule has 3 aromatic rings. The summed E-state index contributed by atoms with van der Waals surface area (Å²) < 4.78 is 5.84. The van der Waals surface area contributed by atoms with Crippen LogP contribution in [0.2, 0.25) is 0 Å². The van der Waals surface area contributed by atoms with E-state index in [1.54, 1.807) is 0 Å². The van der Waals surface area contributed by atoms with E-state index in [1.165, 1.54) is 5.56 Å². The molecule has 4 N–H and O–H groups in total. The van der Waals surface area contributed by atoms with E-state index in [0.29, 0.717) is 18.8 Å². The van der Waals surface area contributed by atoms with Crippen LogP contribution in [0.25, 0.3) is 0 Å². The number of carboxylic acid groups (broad SMARTS) is 2. The quantitative estimate of drug-likeness (QED) is 0.455. The standard InChI is InChI=1S/C22H23NO.C4H4O4/c1-22(23,16-18-8-4-2-5-9-18)20-12-14-21(15-13-20)24-17-19-10-6-3-7-11-19;5-3(6)1-2-4(7)8/h2-15H,16-17,23H2,1H3;1-2H,(H,5,6)(H,7,8)/b;2-1-. The van der Waals surface area contributed by atoms with Crippen LogP contribution in [0.5, 0.6) is 5.75 Å². The molecule has 0 bridgehead atoms. The summed E-state index contributed by atoms with van der Waals surface area (Å²) in [5.41, 5.74) is 9.65. The first kappa shape index (κ1) is 24.4. The molecular formula is C26H27NO5. The monoisotopic (exact) mass is 433 g/mol. The van der Waals surface area contributed by atoms with Crippen LogP contribution in [-0.4, -0.2) is 22.2 Å². The third-order valence-corrected chi connectivity index (χ3v) is 4.54. The Morgan fingerprint density at radius 2 is 1.28 bits per heavy atom. The van der Waals surface area contributed by atoms with Gasteiger partial charge in [-0.15, -0.1) is 0 Å². The van der Waals surface area contributed by atoms with Crippen molar-refractivity contribution < 1.29 is 24.5 Å². The van der Waals surface area contributed by atoms with Crippen LogP contribution >= 0.6 is 0 Å². The molecule has 0 amide bonds. The maximum atomic E-state index is 9.55. The van der Waals surface area contributed by atoms with Crippen molar-refractivity contribution in [3.63, 3.8) is 0 Å². The summed E-state index contributed by atoms with van der Waals surface area (Å²) in [6.07, 6.45) is 1.92. The minimum atomic E-state index is -1.26. The van der Waals surface area contributed by atoms with E-state index >= 15 is 0 Å². The highest BCUT2D eigenvalue weighted by Gasteiger charge is 2.21. The van der Waals surface area contributed by atoms with Crippen molar-refractivity contribution in [3.8, 4) is 5.75 Å². The van der Waals surface area contributed by atoms with Crippen molar-refractivity contribution in [2.24, 2.45) is 5.73 Å². The molecule has 0 spiro atoms. The Balaban J connectivity index is 0.000000390. The van der Waals surface area contributed by atoms with Crippen molar-refractivity contribution in [2.75, 3.05) is 0 Å². The van der Waals surface area contributed by atoms with E-state index in [4.69, 9.17) is 20.7 Å². The van der Waals surface area contributed by atoms with E-state index in [9.17, 15) is 9.59 Å². The molecule has 0 saturated carbocycles. The molecule has 6 heteroatoms. The number of hydrogen-bond donors (Lipinski definition) is 3. The van der Waals surface area contributed by atoms with Gasteiger partial charge in [0.2, 0.25) is 0 Å². The van der Waals surface area contributed by atoms with Gasteiger partial charge in [0.1, 0.15) is 12.4 Å². The first-order valence-corrected chi connectivity index (χ1v) is 10.0. The van der Waals surface area contributed by atoms with Crippen LogP contribution in [0.15, 0.2) is 97.1 Å². The molecule has 166 valence electrons. The summed E-state index contributed by atoms with van der Waals surface area (Å²) in [6, 6.07) is 28.6. The number of ether oxygens (including phenoxy) is 1. The van der Waals surface area contributed by atoms with Gasteiger partial charge in [0.05, 0.1) is 0 Å². The highest BCUT2D eigenvalue weighted by atomic mass is 16.5. The fourth-order valence-electron chi connectivity index (χ4n) is 2.94. The molecule has 1 atom stereocenters. The van der Waals surface area contributed by atoms with Gasteiger partial charge in [-0.3, -0.25) is 0 Å². The van der Waals surface area contributed by atoms with Gasteiger partial charge in [-0.25, -0.2) is 9.59 Å². The predicted molar refractivity (Wildman–Crippen MR) is 123 cm³/mol. The van der Waals surface area contributed by atoms with E-state index < -0.39 is 17.5 Å². The fraction of sp³-hybridized carbons (Fsp3) is 0.154. The summed E-state index contributed by atoms with van der Waals surface area (Å²) in [4.78, 5) is 19.1. The van der Waals surface area contributed by atoms with Crippen LogP contribution < -0.4 is 10.5 Å². The summed E-state index contributed by atoms with van der Waals surface area (Å²) >= 11 is 0. The lowest BCUT2D eigenvalue weighted by Crippen LogP contribution is -2.35. The van der Waals surface area contributed by atoms with Crippen LogP contribution in [0.1, 0.15) is 23.6 Å². The third kappa shape index (κ3) is 8.85. The van der Waals surface area contributed by atoms with Gasteiger partial charge in [0, 0.05) is 17.7 Å². The van der Waals surface area contributed by atoms with Gasteiger partial charge in [-0.05, 0) is 42.2 Å². The topological polar surface area (TPSA) is 110 Å². The number of hydrogen-bond acceptors (Lipinski definition) is 4. The first-order valence-electron chi connectivity index (χ1n) is 10.0. The minimum Gasteiger partial charge on any atom is -0.489 e. The van der Waals surface area contributed by atoms with Gasteiger partial charge < -0.3 is 20.7 Å². The molecule has 0 radical (unpaired) electrons. The first-order chi connectivity index (χ1) is 15.3. The molecule has 0 fully saturated rings. The number of rotatable bonds is 8. The van der Waals surface area contributed by atoms with E-state index in [-0.39, 0.29) is 0 Å². The Bertz CT molecular complexity index is 997. The Morgan fingerprint density at radius 1 is 0.812 bits per heavy atom. The molecule has 0 aliphatic heterocycles. The lowest BCUT2D eigenvalue weighted by Gasteiger charge is -2.25. The Morgan fingerprint density at radius 3 is 1.75 bits per heavy atom. The molecule has 0 aliphatic carbocycles. The number of nitrogens with two attached hydrogens (primary N) is 1. The average molecular weight is 434 g/mol. The maximum absolute atomic E-state index is 9.55. The normalized spacial score (nSPS) is 12.3. The summed E-state index contributed by atoms with van der Waals surface area (Å²) in [6.45, 7) is 2.64. The molecule has 32 heavy (non-hydrogen) atoms.